The first-order chi connectivity index (χ1) is 9.27. The van der Waals surface area contributed by atoms with Gasteiger partial charge in [-0.25, -0.2) is 0 Å². The van der Waals surface area contributed by atoms with Crippen LogP contribution in [0.5, 0.6) is 0 Å². The predicted octanol–water partition coefficient (Wildman–Crippen LogP) is 3.05. The summed E-state index contributed by atoms with van der Waals surface area (Å²) >= 11 is 0. The van der Waals surface area contributed by atoms with Crippen molar-refractivity contribution in [2.75, 3.05) is 12.8 Å². The normalized spacial score (nSPS) is 12.7. The summed E-state index contributed by atoms with van der Waals surface area (Å²) in [5, 5.41) is 9.14. The second-order valence-corrected chi connectivity index (χ2v) is 10.9. The molecule has 1 aromatic rings. The molecule has 1 rings (SSSR count). The lowest BCUT2D eigenvalue weighted by Crippen LogP contribution is -2.37. The maximum atomic E-state index is 11.8. The van der Waals surface area contributed by atoms with Crippen LogP contribution < -0.4 is 0 Å². The molecule has 0 aliphatic rings. The summed E-state index contributed by atoms with van der Waals surface area (Å²) in [6.45, 7) is 7.46. The van der Waals surface area contributed by atoms with Crippen LogP contribution in [0.4, 0.5) is 0 Å². The van der Waals surface area contributed by atoms with E-state index in [9.17, 15) is 4.79 Å². The lowest BCUT2D eigenvalue weighted by atomic mass is 9.95. The van der Waals surface area contributed by atoms with E-state index in [2.05, 4.69) is 24.9 Å². The van der Waals surface area contributed by atoms with Gasteiger partial charge in [-0.2, -0.15) is 0 Å². The Morgan fingerprint density at radius 3 is 2.45 bits per heavy atom. The van der Waals surface area contributed by atoms with E-state index < -0.39 is 13.5 Å². The highest BCUT2D eigenvalue weighted by molar-refractivity contribution is 6.82. The first kappa shape index (κ1) is 16.7. The van der Waals surface area contributed by atoms with Gasteiger partial charge in [0.25, 0.3) is 0 Å². The average Bonchev–Trinajstić information content (AvgIpc) is 2.44. The van der Waals surface area contributed by atoms with Gasteiger partial charge in [-0.3, -0.25) is 4.79 Å². The van der Waals surface area contributed by atoms with Crippen molar-refractivity contribution in [2.45, 2.75) is 26.9 Å². The van der Waals surface area contributed by atoms with Gasteiger partial charge in [-0.15, -0.1) is 0 Å². The molecule has 0 unspecified atom stereocenters. The number of hydrogen-bond acceptors (Lipinski definition) is 3. The summed E-state index contributed by atoms with van der Waals surface area (Å²) < 4.78 is 5.36. The Balaban J connectivity index is 2.58. The van der Waals surface area contributed by atoms with Gasteiger partial charge in [0.15, 0.2) is 0 Å². The Morgan fingerprint density at radius 2 is 1.90 bits per heavy atom. The van der Waals surface area contributed by atoms with Gasteiger partial charge in [-0.05, 0) is 19.4 Å². The molecule has 3 nitrogen and oxygen atoms in total. The van der Waals surface area contributed by atoms with Crippen molar-refractivity contribution >= 4 is 20.1 Å². The molecule has 0 aliphatic heterocycles. The first-order valence-corrected chi connectivity index (χ1v) is 10.1. The minimum atomic E-state index is -1.75. The molecule has 0 bridgehead atoms. The zero-order chi connectivity index (χ0) is 15.2. The van der Waals surface area contributed by atoms with Crippen LogP contribution in [0.3, 0.4) is 0 Å². The standard InChI is InChI=1S/C16H24O3Si/c1-16(2,12-17)15(18)19-13-20(3,4)11-10-14-8-6-5-7-9-14/h5-11,17H,12-13H2,1-4H3/b11-10+. The number of esters is 1. The van der Waals surface area contributed by atoms with E-state index in [1.807, 2.05) is 30.3 Å². The summed E-state index contributed by atoms with van der Waals surface area (Å²) in [7, 11) is -1.75. The van der Waals surface area contributed by atoms with Gasteiger partial charge >= 0.3 is 5.97 Å². The van der Waals surface area contributed by atoms with E-state index in [1.54, 1.807) is 13.8 Å². The van der Waals surface area contributed by atoms with Crippen LogP contribution in [0.2, 0.25) is 13.1 Å². The molecule has 0 saturated heterocycles. The topological polar surface area (TPSA) is 46.5 Å². The molecule has 0 saturated carbocycles. The highest BCUT2D eigenvalue weighted by Gasteiger charge is 2.30. The third kappa shape index (κ3) is 5.31. The minimum absolute atomic E-state index is 0.201. The Labute approximate surface area is 122 Å². The molecular weight excluding hydrogens is 268 g/mol. The third-order valence-corrected chi connectivity index (χ3v) is 5.01. The second kappa shape index (κ2) is 6.86. The van der Waals surface area contributed by atoms with E-state index >= 15 is 0 Å². The lowest BCUT2D eigenvalue weighted by molar-refractivity contribution is -0.154. The van der Waals surface area contributed by atoms with Crippen molar-refractivity contribution in [3.8, 4) is 0 Å². The van der Waals surface area contributed by atoms with Gasteiger partial charge in [-0.1, -0.05) is 55.2 Å². The molecule has 1 N–H and O–H groups in total. The summed E-state index contributed by atoms with van der Waals surface area (Å²) in [4.78, 5) is 11.8. The number of aliphatic hydroxyl groups is 1. The number of carbonyl (C=O) groups is 1. The smallest absolute Gasteiger partial charge is 0.313 e. The van der Waals surface area contributed by atoms with Gasteiger partial charge in [0.1, 0.15) is 8.07 Å². The van der Waals surface area contributed by atoms with Crippen LogP contribution in [0.15, 0.2) is 36.0 Å². The molecule has 0 spiro atoms. The highest BCUT2D eigenvalue weighted by atomic mass is 28.3. The SMILES string of the molecule is CC(C)(CO)C(=O)OC[Si](C)(C)/C=C/c1ccccc1. The Kier molecular flexibility index (Phi) is 5.71. The molecule has 110 valence electrons. The van der Waals surface area contributed by atoms with E-state index in [1.165, 1.54) is 0 Å². The summed E-state index contributed by atoms with van der Waals surface area (Å²) in [6, 6.07) is 10.1. The summed E-state index contributed by atoms with van der Waals surface area (Å²) in [5.41, 5.74) is 2.49. The number of aliphatic hydroxyl groups excluding tert-OH is 1. The van der Waals surface area contributed by atoms with E-state index in [4.69, 9.17) is 9.84 Å². The molecule has 0 fully saturated rings. The largest absolute Gasteiger partial charge is 0.469 e. The number of rotatable bonds is 6. The van der Waals surface area contributed by atoms with Gasteiger partial charge < -0.3 is 9.84 Å². The van der Waals surface area contributed by atoms with E-state index in [0.717, 1.165) is 5.56 Å². The monoisotopic (exact) mass is 292 g/mol. The fourth-order valence-corrected chi connectivity index (χ4v) is 2.69. The maximum absolute atomic E-state index is 11.8. The van der Waals surface area contributed by atoms with Gasteiger partial charge in [0, 0.05) is 0 Å². The van der Waals surface area contributed by atoms with Gasteiger partial charge in [0.2, 0.25) is 0 Å². The minimum Gasteiger partial charge on any atom is -0.469 e. The fourth-order valence-electron chi connectivity index (χ4n) is 1.45. The molecule has 0 aliphatic carbocycles. The molecule has 0 atom stereocenters. The van der Waals surface area contributed by atoms with Crippen LogP contribution in [0, 0.1) is 5.41 Å². The Hall–Kier alpha value is -1.39. The van der Waals surface area contributed by atoms with Crippen molar-refractivity contribution in [1.29, 1.82) is 0 Å². The number of hydrogen-bond donors (Lipinski definition) is 1. The van der Waals surface area contributed by atoms with Crippen molar-refractivity contribution < 1.29 is 14.6 Å². The zero-order valence-electron chi connectivity index (χ0n) is 12.7. The lowest BCUT2D eigenvalue weighted by Gasteiger charge is -2.23. The fraction of sp³-hybridized carbons (Fsp3) is 0.438. The molecular formula is C16H24O3Si. The molecule has 0 heterocycles. The third-order valence-electron chi connectivity index (χ3n) is 3.05. The summed E-state index contributed by atoms with van der Waals surface area (Å²) in [5.74, 6) is -0.339. The molecule has 0 aromatic heterocycles. The zero-order valence-corrected chi connectivity index (χ0v) is 13.7. The van der Waals surface area contributed by atoms with E-state index in [-0.39, 0.29) is 12.6 Å². The van der Waals surface area contributed by atoms with Crippen LogP contribution >= 0.6 is 0 Å². The van der Waals surface area contributed by atoms with Crippen LogP contribution in [-0.2, 0) is 9.53 Å². The van der Waals surface area contributed by atoms with Crippen LogP contribution in [0.1, 0.15) is 19.4 Å². The molecule has 20 heavy (non-hydrogen) atoms. The number of benzene rings is 1. The molecule has 1 aromatic carbocycles. The van der Waals surface area contributed by atoms with E-state index in [0.29, 0.717) is 6.23 Å². The van der Waals surface area contributed by atoms with Crippen LogP contribution in [0.25, 0.3) is 6.08 Å². The quantitative estimate of drug-likeness (QED) is 0.647. The predicted molar refractivity (Wildman–Crippen MR) is 84.8 cm³/mol. The van der Waals surface area contributed by atoms with Crippen molar-refractivity contribution in [3.63, 3.8) is 0 Å². The van der Waals surface area contributed by atoms with Crippen LogP contribution in [-0.4, -0.2) is 32.0 Å². The second-order valence-electron chi connectivity index (χ2n) is 6.35. The van der Waals surface area contributed by atoms with Crippen molar-refractivity contribution in [2.24, 2.45) is 5.41 Å². The Morgan fingerprint density at radius 1 is 1.30 bits per heavy atom. The first-order valence-electron chi connectivity index (χ1n) is 6.79. The van der Waals surface area contributed by atoms with Crippen molar-refractivity contribution in [3.05, 3.63) is 41.6 Å². The summed E-state index contributed by atoms with van der Waals surface area (Å²) in [6.07, 6.45) is 2.51. The maximum Gasteiger partial charge on any atom is 0.313 e. The molecule has 4 heteroatoms. The number of carbonyl (C=O) groups excluding carboxylic acids is 1. The molecule has 0 amide bonds. The highest BCUT2D eigenvalue weighted by Crippen LogP contribution is 2.17. The Bertz CT molecular complexity index is 464. The van der Waals surface area contributed by atoms with Gasteiger partial charge in [0.05, 0.1) is 18.3 Å². The number of ether oxygens (including phenoxy) is 1. The molecule has 0 radical (unpaired) electrons. The average molecular weight is 292 g/mol. The van der Waals surface area contributed by atoms with Crippen molar-refractivity contribution in [1.82, 2.24) is 0 Å².